The number of para-hydroxylation sites is 1. The highest BCUT2D eigenvalue weighted by Gasteiger charge is 2.36. The van der Waals surface area contributed by atoms with Gasteiger partial charge in [-0.25, -0.2) is 4.98 Å². The van der Waals surface area contributed by atoms with E-state index in [4.69, 9.17) is 10.7 Å². The highest BCUT2D eigenvalue weighted by molar-refractivity contribution is 5.89. The molecule has 2 heterocycles. The molecule has 4 rings (SSSR count). The average Bonchev–Trinajstić information content (AvgIpc) is 3.20. The number of hydrogen-bond acceptors (Lipinski definition) is 3. The van der Waals surface area contributed by atoms with Gasteiger partial charge >= 0.3 is 0 Å². The topological polar surface area (TPSA) is 47.1 Å². The zero-order valence-corrected chi connectivity index (χ0v) is 12.2. The lowest BCUT2D eigenvalue weighted by Crippen LogP contribution is -2.28. The number of nitrogens with two attached hydrogens (primary N) is 1. The normalized spacial score (nSPS) is 20.8. The van der Waals surface area contributed by atoms with Gasteiger partial charge in [0.2, 0.25) is 0 Å². The molecule has 1 fully saturated rings. The first-order chi connectivity index (χ1) is 9.59. The molecule has 20 heavy (non-hydrogen) atoms. The van der Waals surface area contributed by atoms with Gasteiger partial charge in [-0.3, -0.25) is 0 Å². The van der Waals surface area contributed by atoms with Gasteiger partial charge in [0.15, 0.2) is 0 Å². The maximum atomic E-state index is 6.19. The van der Waals surface area contributed by atoms with E-state index in [2.05, 4.69) is 36.6 Å². The van der Waals surface area contributed by atoms with Crippen molar-refractivity contribution in [1.82, 2.24) is 9.55 Å². The van der Waals surface area contributed by atoms with E-state index >= 15 is 0 Å². The molecule has 1 aliphatic heterocycles. The summed E-state index contributed by atoms with van der Waals surface area (Å²) in [6.45, 7) is 2.23. The van der Waals surface area contributed by atoms with Gasteiger partial charge in [0, 0.05) is 25.6 Å². The molecule has 4 nitrogen and oxygen atoms in total. The maximum absolute atomic E-state index is 6.19. The SMILES string of the molecule is CC1c2c(nc(C3CC3)n2C)-c2cccc(N)c2N1C. The fourth-order valence-electron chi connectivity index (χ4n) is 3.44. The molecule has 2 N–H and O–H groups in total. The number of fused-ring (bicyclic) bond motifs is 3. The number of nitrogens with zero attached hydrogens (tertiary/aromatic N) is 3. The van der Waals surface area contributed by atoms with Crippen LogP contribution in [-0.2, 0) is 7.05 Å². The lowest BCUT2D eigenvalue weighted by atomic mass is 9.97. The Morgan fingerprint density at radius 1 is 1.25 bits per heavy atom. The van der Waals surface area contributed by atoms with Crippen LogP contribution in [0.3, 0.4) is 0 Å². The van der Waals surface area contributed by atoms with Crippen molar-refractivity contribution in [1.29, 1.82) is 0 Å². The van der Waals surface area contributed by atoms with E-state index in [0.29, 0.717) is 12.0 Å². The molecule has 0 amide bonds. The molecule has 1 aliphatic carbocycles. The quantitative estimate of drug-likeness (QED) is 0.809. The van der Waals surface area contributed by atoms with Crippen LogP contribution < -0.4 is 10.6 Å². The van der Waals surface area contributed by atoms with Gasteiger partial charge < -0.3 is 15.2 Å². The third-order valence-corrected chi connectivity index (χ3v) is 4.77. The summed E-state index contributed by atoms with van der Waals surface area (Å²) in [5.74, 6) is 1.90. The van der Waals surface area contributed by atoms with Gasteiger partial charge in [-0.2, -0.15) is 0 Å². The van der Waals surface area contributed by atoms with Crippen LogP contribution in [0.5, 0.6) is 0 Å². The summed E-state index contributed by atoms with van der Waals surface area (Å²) in [6.07, 6.45) is 2.55. The van der Waals surface area contributed by atoms with E-state index in [1.54, 1.807) is 0 Å². The second kappa shape index (κ2) is 3.78. The summed E-state index contributed by atoms with van der Waals surface area (Å²) < 4.78 is 2.31. The zero-order chi connectivity index (χ0) is 14.0. The Kier molecular flexibility index (Phi) is 2.23. The first kappa shape index (κ1) is 11.8. The molecule has 1 unspecified atom stereocenters. The first-order valence-corrected chi connectivity index (χ1v) is 7.27. The highest BCUT2D eigenvalue weighted by atomic mass is 15.2. The molecule has 1 aromatic carbocycles. The molecule has 4 heteroatoms. The van der Waals surface area contributed by atoms with Crippen LogP contribution in [0.15, 0.2) is 18.2 Å². The molecule has 1 atom stereocenters. The smallest absolute Gasteiger partial charge is 0.112 e. The van der Waals surface area contributed by atoms with Crippen LogP contribution in [0, 0.1) is 0 Å². The predicted molar refractivity (Wildman–Crippen MR) is 81.8 cm³/mol. The van der Waals surface area contributed by atoms with Crippen molar-refractivity contribution in [2.75, 3.05) is 17.7 Å². The molecule has 2 aliphatic rings. The second-order valence-electron chi connectivity index (χ2n) is 6.07. The second-order valence-corrected chi connectivity index (χ2v) is 6.07. The summed E-state index contributed by atoms with van der Waals surface area (Å²) in [5, 5.41) is 0. The number of imidazole rings is 1. The van der Waals surface area contributed by atoms with Gasteiger partial charge in [-0.15, -0.1) is 0 Å². The molecule has 0 saturated heterocycles. The minimum Gasteiger partial charge on any atom is -0.397 e. The number of rotatable bonds is 1. The Morgan fingerprint density at radius 2 is 2.00 bits per heavy atom. The van der Waals surface area contributed by atoms with E-state index in [0.717, 1.165) is 17.1 Å². The fraction of sp³-hybridized carbons (Fsp3) is 0.438. The lowest BCUT2D eigenvalue weighted by molar-refractivity contribution is 0.651. The summed E-state index contributed by atoms with van der Waals surface area (Å²) in [5.41, 5.74) is 11.8. The van der Waals surface area contributed by atoms with Crippen molar-refractivity contribution in [2.24, 2.45) is 7.05 Å². The van der Waals surface area contributed by atoms with Gasteiger partial charge in [0.05, 0.1) is 28.8 Å². The molecule has 1 aromatic heterocycles. The van der Waals surface area contributed by atoms with Gasteiger partial charge in [0.25, 0.3) is 0 Å². The number of aromatic nitrogens is 2. The van der Waals surface area contributed by atoms with Crippen LogP contribution in [-0.4, -0.2) is 16.6 Å². The number of hydrogen-bond donors (Lipinski definition) is 1. The Hall–Kier alpha value is -1.97. The molecule has 0 spiro atoms. The van der Waals surface area contributed by atoms with Crippen molar-refractivity contribution in [3.63, 3.8) is 0 Å². The Morgan fingerprint density at radius 3 is 2.70 bits per heavy atom. The minimum absolute atomic E-state index is 0.298. The first-order valence-electron chi connectivity index (χ1n) is 7.27. The standard InChI is InChI=1S/C16H20N4/c1-9-14-13(18-16(20(14)3)10-7-8-10)11-5-4-6-12(17)15(11)19(9)2/h4-6,9-10H,7-8,17H2,1-3H3. The number of benzene rings is 1. The fourth-order valence-corrected chi connectivity index (χ4v) is 3.44. The van der Waals surface area contributed by atoms with E-state index < -0.39 is 0 Å². The zero-order valence-electron chi connectivity index (χ0n) is 12.2. The largest absolute Gasteiger partial charge is 0.397 e. The number of nitrogen functional groups attached to an aromatic ring is 1. The van der Waals surface area contributed by atoms with E-state index in [1.165, 1.54) is 29.9 Å². The number of anilines is 2. The molecule has 104 valence electrons. The Bertz CT molecular complexity index is 697. The predicted octanol–water partition coefficient (Wildman–Crippen LogP) is 3.06. The maximum Gasteiger partial charge on any atom is 0.112 e. The molecule has 0 radical (unpaired) electrons. The third-order valence-electron chi connectivity index (χ3n) is 4.77. The van der Waals surface area contributed by atoms with Crippen LogP contribution in [0.2, 0.25) is 0 Å². The van der Waals surface area contributed by atoms with Crippen molar-refractivity contribution in [3.8, 4) is 11.3 Å². The molecule has 1 saturated carbocycles. The average molecular weight is 268 g/mol. The Balaban J connectivity index is 2.01. The molecular formula is C16H20N4. The van der Waals surface area contributed by atoms with E-state index in [1.807, 2.05) is 12.1 Å². The minimum atomic E-state index is 0.298. The molecule has 2 aromatic rings. The summed E-state index contributed by atoms with van der Waals surface area (Å²) in [6, 6.07) is 6.42. The van der Waals surface area contributed by atoms with Crippen molar-refractivity contribution < 1.29 is 0 Å². The molecule has 0 bridgehead atoms. The van der Waals surface area contributed by atoms with Crippen LogP contribution in [0.25, 0.3) is 11.3 Å². The van der Waals surface area contributed by atoms with Gasteiger partial charge in [-0.1, -0.05) is 12.1 Å². The van der Waals surface area contributed by atoms with Gasteiger partial charge in [0.1, 0.15) is 5.82 Å². The van der Waals surface area contributed by atoms with Crippen LogP contribution in [0.1, 0.15) is 43.2 Å². The van der Waals surface area contributed by atoms with Crippen molar-refractivity contribution in [3.05, 3.63) is 29.7 Å². The Labute approximate surface area is 119 Å². The van der Waals surface area contributed by atoms with Gasteiger partial charge in [-0.05, 0) is 25.8 Å². The molecular weight excluding hydrogens is 248 g/mol. The summed E-state index contributed by atoms with van der Waals surface area (Å²) in [4.78, 5) is 7.23. The van der Waals surface area contributed by atoms with E-state index in [9.17, 15) is 0 Å². The lowest BCUT2D eigenvalue weighted by Gasteiger charge is -2.34. The highest BCUT2D eigenvalue weighted by Crippen LogP contribution is 2.48. The van der Waals surface area contributed by atoms with Crippen LogP contribution in [0.4, 0.5) is 11.4 Å². The van der Waals surface area contributed by atoms with Crippen molar-refractivity contribution >= 4 is 11.4 Å². The third kappa shape index (κ3) is 1.39. The summed E-state index contributed by atoms with van der Waals surface area (Å²) >= 11 is 0. The monoisotopic (exact) mass is 268 g/mol. The van der Waals surface area contributed by atoms with E-state index in [-0.39, 0.29) is 0 Å². The van der Waals surface area contributed by atoms with Crippen molar-refractivity contribution in [2.45, 2.75) is 31.7 Å². The summed E-state index contributed by atoms with van der Waals surface area (Å²) in [7, 11) is 4.27. The van der Waals surface area contributed by atoms with Crippen LogP contribution >= 0.6 is 0 Å².